The zero-order valence-electron chi connectivity index (χ0n) is 22.0. The molecule has 3 aromatic carbocycles. The number of benzene rings is 3. The molecular weight excluding hydrogens is 437 g/mol. The first-order valence-corrected chi connectivity index (χ1v) is 15.0. The average molecular weight is 469 g/mol. The number of furan rings is 1. The molecule has 2 nitrogen and oxygen atoms in total. The van der Waals surface area contributed by atoms with Crippen molar-refractivity contribution in [3.63, 3.8) is 0 Å². The van der Waals surface area contributed by atoms with E-state index in [2.05, 4.69) is 42.8 Å². The number of aryl methyl sites for hydroxylation is 3. The number of hydrogen-bond donors (Lipinski definition) is 0. The molecule has 34 heavy (non-hydrogen) atoms. The second-order valence-electron chi connectivity index (χ2n) is 10.1. The number of hydrogen-bond acceptors (Lipinski definition) is 1. The first-order valence-electron chi connectivity index (χ1n) is 12.8. The van der Waals surface area contributed by atoms with Crippen molar-refractivity contribution in [1.29, 1.82) is 0 Å². The summed E-state index contributed by atoms with van der Waals surface area (Å²) >= 11 is 0. The molecule has 0 atom stereocenters. The van der Waals surface area contributed by atoms with Gasteiger partial charge in [0.25, 0.3) is 0 Å². The number of aromatic nitrogens is 1. The van der Waals surface area contributed by atoms with Crippen molar-refractivity contribution >= 4 is 35.2 Å². The standard InChI is InChI=1S/C30H29FNOSi/c1-19-10-13-22-23-14-15-24(31)28(21-12-11-20-8-7-17-34(3,4)26(20)18-21)30(23)33-29(22)27(19)25-9-5-6-16-32(25)2/h5-6,9-16,18H,7-8,17H2,1-4H3/q+1/i8D2. The van der Waals surface area contributed by atoms with Crippen molar-refractivity contribution in [3.8, 4) is 22.4 Å². The Labute approximate surface area is 203 Å². The van der Waals surface area contributed by atoms with Crippen LogP contribution in [-0.4, -0.2) is 8.07 Å². The summed E-state index contributed by atoms with van der Waals surface area (Å²) in [4.78, 5) is 0. The SMILES string of the molecule is [2H]C1([2H])CC[Si](C)(C)c2cc(-c3c(F)ccc4c3oc3c(-c5cccc[n+]5C)c(C)ccc34)ccc21. The molecule has 0 fully saturated rings. The van der Waals surface area contributed by atoms with E-state index in [0.29, 0.717) is 17.6 Å². The molecule has 4 heteroatoms. The first kappa shape index (κ1) is 19.1. The van der Waals surface area contributed by atoms with E-state index in [9.17, 15) is 0 Å². The van der Waals surface area contributed by atoms with Crippen molar-refractivity contribution in [3.05, 3.63) is 83.8 Å². The lowest BCUT2D eigenvalue weighted by Gasteiger charge is -2.31. The molecule has 6 rings (SSSR count). The van der Waals surface area contributed by atoms with Gasteiger partial charge >= 0.3 is 0 Å². The fourth-order valence-corrected chi connectivity index (χ4v) is 7.87. The maximum absolute atomic E-state index is 15.6. The molecule has 170 valence electrons. The Bertz CT molecular complexity index is 1690. The molecule has 0 N–H and O–H groups in total. The number of fused-ring (bicyclic) bond motifs is 4. The van der Waals surface area contributed by atoms with Crippen molar-refractivity contribution < 1.29 is 16.1 Å². The summed E-state index contributed by atoms with van der Waals surface area (Å²) in [5.41, 5.74) is 6.38. The van der Waals surface area contributed by atoms with E-state index in [0.717, 1.165) is 55.5 Å². The predicted molar refractivity (Wildman–Crippen MR) is 141 cm³/mol. The quantitative estimate of drug-likeness (QED) is 0.200. The molecular formula is C30H29FNOSi+. The Morgan fingerprint density at radius 2 is 1.74 bits per heavy atom. The molecule has 0 saturated carbocycles. The zero-order valence-corrected chi connectivity index (χ0v) is 21.0. The van der Waals surface area contributed by atoms with Crippen LogP contribution >= 0.6 is 0 Å². The van der Waals surface area contributed by atoms with E-state index in [1.807, 2.05) is 43.6 Å². The van der Waals surface area contributed by atoms with Crippen LogP contribution in [0.15, 0.2) is 71.3 Å². The minimum atomic E-state index is -1.84. The molecule has 1 aliphatic heterocycles. The monoisotopic (exact) mass is 468 g/mol. The average Bonchev–Trinajstić information content (AvgIpc) is 3.21. The van der Waals surface area contributed by atoms with Crippen molar-refractivity contribution in [2.24, 2.45) is 7.05 Å². The van der Waals surface area contributed by atoms with Crippen LogP contribution in [0.5, 0.6) is 0 Å². The number of nitrogens with zero attached hydrogens (tertiary/aromatic N) is 1. The number of rotatable bonds is 2. The summed E-state index contributed by atoms with van der Waals surface area (Å²) in [6.07, 6.45) is 1.21. The van der Waals surface area contributed by atoms with Gasteiger partial charge in [-0.2, -0.15) is 0 Å². The van der Waals surface area contributed by atoms with Crippen LogP contribution in [0.3, 0.4) is 0 Å². The number of halogens is 1. The molecule has 2 aromatic heterocycles. The molecule has 0 unspecified atom stereocenters. The highest BCUT2D eigenvalue weighted by Gasteiger charge is 2.30. The summed E-state index contributed by atoms with van der Waals surface area (Å²) in [6.45, 7) is 6.62. The van der Waals surface area contributed by atoms with E-state index in [1.165, 1.54) is 6.07 Å². The molecule has 0 bridgehead atoms. The van der Waals surface area contributed by atoms with Crippen LogP contribution in [0.4, 0.5) is 4.39 Å². The van der Waals surface area contributed by atoms with E-state index in [4.69, 9.17) is 7.16 Å². The molecule has 0 radical (unpaired) electrons. The van der Waals surface area contributed by atoms with Gasteiger partial charge in [0.15, 0.2) is 6.20 Å². The van der Waals surface area contributed by atoms with Crippen molar-refractivity contribution in [2.75, 3.05) is 0 Å². The highest BCUT2D eigenvalue weighted by molar-refractivity contribution is 6.90. The van der Waals surface area contributed by atoms with Gasteiger partial charge in [0.05, 0.1) is 19.2 Å². The third-order valence-corrected chi connectivity index (χ3v) is 10.8. The number of pyridine rings is 1. The lowest BCUT2D eigenvalue weighted by atomic mass is 9.97. The minimum Gasteiger partial charge on any atom is -0.454 e. The Morgan fingerprint density at radius 3 is 2.53 bits per heavy atom. The Balaban J connectivity index is 1.65. The smallest absolute Gasteiger partial charge is 0.216 e. The molecule has 0 aliphatic carbocycles. The zero-order chi connectivity index (χ0) is 25.4. The largest absolute Gasteiger partial charge is 0.454 e. The molecule has 3 heterocycles. The van der Waals surface area contributed by atoms with Gasteiger partial charge in [0.1, 0.15) is 24.0 Å². The molecule has 5 aromatic rings. The topological polar surface area (TPSA) is 17.0 Å². The van der Waals surface area contributed by atoms with Gasteiger partial charge in [-0.15, -0.1) is 0 Å². The molecule has 0 saturated heterocycles. The lowest BCUT2D eigenvalue weighted by Crippen LogP contribution is -2.46. The van der Waals surface area contributed by atoms with E-state index < -0.39 is 14.4 Å². The maximum Gasteiger partial charge on any atom is 0.216 e. The summed E-state index contributed by atoms with van der Waals surface area (Å²) in [6, 6.07) is 20.2. The van der Waals surface area contributed by atoms with Gasteiger partial charge in [-0.05, 0) is 48.2 Å². The maximum atomic E-state index is 15.6. The van der Waals surface area contributed by atoms with E-state index in [1.54, 1.807) is 6.07 Å². The van der Waals surface area contributed by atoms with Crippen LogP contribution in [-0.2, 0) is 13.4 Å². The fourth-order valence-electron chi connectivity index (χ4n) is 5.41. The predicted octanol–water partition coefficient (Wildman–Crippen LogP) is 7.05. The van der Waals surface area contributed by atoms with E-state index in [-0.39, 0.29) is 5.82 Å². The van der Waals surface area contributed by atoms with Crippen LogP contribution in [0, 0.1) is 12.7 Å². The van der Waals surface area contributed by atoms with E-state index >= 15 is 4.39 Å². The summed E-state index contributed by atoms with van der Waals surface area (Å²) in [5, 5.41) is 2.92. The normalized spacial score (nSPS) is 17.4. The van der Waals surface area contributed by atoms with Crippen LogP contribution in [0.1, 0.15) is 20.3 Å². The van der Waals surface area contributed by atoms with Gasteiger partial charge in [0, 0.05) is 25.6 Å². The van der Waals surface area contributed by atoms with Crippen molar-refractivity contribution in [1.82, 2.24) is 0 Å². The second kappa shape index (κ2) is 7.64. The molecule has 0 amide bonds. The van der Waals surface area contributed by atoms with Crippen molar-refractivity contribution in [2.45, 2.75) is 38.9 Å². The second-order valence-corrected chi connectivity index (χ2v) is 14.9. The third kappa shape index (κ3) is 3.16. The Kier molecular flexibility index (Phi) is 4.29. The Hall–Kier alpha value is -3.24. The van der Waals surface area contributed by atoms with Gasteiger partial charge in [-0.25, -0.2) is 8.96 Å². The first-order chi connectivity index (χ1) is 17.1. The van der Waals surface area contributed by atoms with Gasteiger partial charge in [0.2, 0.25) is 5.69 Å². The van der Waals surface area contributed by atoms with Crippen LogP contribution in [0.25, 0.3) is 44.3 Å². The minimum absolute atomic E-state index is 0.330. The molecule has 0 spiro atoms. The fraction of sp³-hybridized carbons (Fsp3) is 0.233. The van der Waals surface area contributed by atoms with Gasteiger partial charge < -0.3 is 4.42 Å². The van der Waals surface area contributed by atoms with Crippen LogP contribution < -0.4 is 9.75 Å². The molecule has 1 aliphatic rings. The highest BCUT2D eigenvalue weighted by atomic mass is 28.3. The lowest BCUT2D eigenvalue weighted by molar-refractivity contribution is -0.660. The Morgan fingerprint density at radius 1 is 0.971 bits per heavy atom. The van der Waals surface area contributed by atoms with Gasteiger partial charge in [-0.3, -0.25) is 0 Å². The van der Waals surface area contributed by atoms with Crippen LogP contribution in [0.2, 0.25) is 19.1 Å². The summed E-state index contributed by atoms with van der Waals surface area (Å²) in [7, 11) is 0.169. The van der Waals surface area contributed by atoms with Gasteiger partial charge in [-0.1, -0.05) is 61.1 Å². The summed E-state index contributed by atoms with van der Waals surface area (Å²) in [5.74, 6) is -0.330. The highest BCUT2D eigenvalue weighted by Crippen LogP contribution is 2.41. The third-order valence-electron chi connectivity index (χ3n) is 7.38. The summed E-state index contributed by atoms with van der Waals surface area (Å²) < 4.78 is 41.3.